The van der Waals surface area contributed by atoms with Gasteiger partial charge in [-0.3, -0.25) is 4.79 Å². The van der Waals surface area contributed by atoms with E-state index in [1.807, 2.05) is 0 Å². The van der Waals surface area contributed by atoms with Gasteiger partial charge in [-0.1, -0.05) is 19.8 Å². The second-order valence-corrected chi connectivity index (χ2v) is 4.97. The number of esters is 1. The summed E-state index contributed by atoms with van der Waals surface area (Å²) < 4.78 is 4.68. The lowest BCUT2D eigenvalue weighted by molar-refractivity contribution is -0.144. The summed E-state index contributed by atoms with van der Waals surface area (Å²) in [6, 6.07) is -0.181. The molecule has 0 bridgehead atoms. The Morgan fingerprint density at radius 1 is 1.39 bits per heavy atom. The highest BCUT2D eigenvalue weighted by Crippen LogP contribution is 2.33. The van der Waals surface area contributed by atoms with Gasteiger partial charge in [-0.25, -0.2) is 4.79 Å². The minimum Gasteiger partial charge on any atom is -0.467 e. The summed E-state index contributed by atoms with van der Waals surface area (Å²) in [5, 5.41) is 5.95. The lowest BCUT2D eigenvalue weighted by Crippen LogP contribution is -2.49. The largest absolute Gasteiger partial charge is 0.467 e. The quantitative estimate of drug-likeness (QED) is 0.631. The van der Waals surface area contributed by atoms with E-state index in [-0.39, 0.29) is 5.91 Å². The van der Waals surface area contributed by atoms with Gasteiger partial charge in [0.05, 0.1) is 7.11 Å². The Kier molecular flexibility index (Phi) is 6.12. The molecule has 5 nitrogen and oxygen atoms in total. The van der Waals surface area contributed by atoms with Crippen molar-refractivity contribution in [2.45, 2.75) is 51.6 Å². The molecule has 2 unspecified atom stereocenters. The van der Waals surface area contributed by atoms with E-state index in [0.29, 0.717) is 12.6 Å². The van der Waals surface area contributed by atoms with E-state index in [4.69, 9.17) is 0 Å². The average Bonchev–Trinajstić information content (AvgIpc) is 3.15. The van der Waals surface area contributed by atoms with Crippen molar-refractivity contribution >= 4 is 11.9 Å². The van der Waals surface area contributed by atoms with Crippen molar-refractivity contribution in [3.8, 4) is 0 Å². The number of carbonyl (C=O) groups excluding carboxylic acids is 2. The van der Waals surface area contributed by atoms with Crippen LogP contribution in [0.15, 0.2) is 0 Å². The van der Waals surface area contributed by atoms with E-state index < -0.39 is 12.0 Å². The Morgan fingerprint density at radius 3 is 2.50 bits per heavy atom. The zero-order chi connectivity index (χ0) is 13.5. The molecule has 1 saturated carbocycles. The highest BCUT2D eigenvalue weighted by molar-refractivity contribution is 5.83. The van der Waals surface area contributed by atoms with Crippen LogP contribution in [0.25, 0.3) is 0 Å². The fourth-order valence-electron chi connectivity index (χ4n) is 2.02. The SMILES string of the molecule is CCC(CC1CC1)NCC(NC(C)=O)C(=O)OC. The van der Waals surface area contributed by atoms with Gasteiger partial charge in [-0.2, -0.15) is 0 Å². The lowest BCUT2D eigenvalue weighted by atomic mass is 10.1. The number of ether oxygens (including phenoxy) is 1. The minimum atomic E-state index is -0.597. The third-order valence-corrected chi connectivity index (χ3v) is 3.28. The Labute approximate surface area is 109 Å². The van der Waals surface area contributed by atoms with Crippen molar-refractivity contribution in [1.82, 2.24) is 10.6 Å². The molecule has 0 aromatic heterocycles. The molecule has 0 heterocycles. The molecule has 5 heteroatoms. The van der Waals surface area contributed by atoms with E-state index in [1.54, 1.807) is 0 Å². The normalized spacial score (nSPS) is 17.9. The van der Waals surface area contributed by atoms with Crippen molar-refractivity contribution in [1.29, 1.82) is 0 Å². The summed E-state index contributed by atoms with van der Waals surface area (Å²) in [4.78, 5) is 22.5. The van der Waals surface area contributed by atoms with Crippen LogP contribution in [0.4, 0.5) is 0 Å². The van der Waals surface area contributed by atoms with Crippen molar-refractivity contribution in [3.63, 3.8) is 0 Å². The predicted molar refractivity (Wildman–Crippen MR) is 69.0 cm³/mol. The first-order chi connectivity index (χ1) is 8.56. The van der Waals surface area contributed by atoms with E-state index in [2.05, 4.69) is 22.3 Å². The van der Waals surface area contributed by atoms with Gasteiger partial charge in [0.15, 0.2) is 0 Å². The molecule has 0 saturated heterocycles. The van der Waals surface area contributed by atoms with Gasteiger partial charge in [0.25, 0.3) is 0 Å². The monoisotopic (exact) mass is 256 g/mol. The maximum absolute atomic E-state index is 11.5. The lowest BCUT2D eigenvalue weighted by Gasteiger charge is -2.21. The van der Waals surface area contributed by atoms with E-state index in [1.165, 1.54) is 26.9 Å². The Hall–Kier alpha value is -1.10. The number of hydrogen-bond acceptors (Lipinski definition) is 4. The van der Waals surface area contributed by atoms with Crippen LogP contribution in [0.1, 0.15) is 39.5 Å². The summed E-state index contributed by atoms with van der Waals surface area (Å²) >= 11 is 0. The molecule has 0 aromatic carbocycles. The zero-order valence-electron chi connectivity index (χ0n) is 11.5. The fourth-order valence-corrected chi connectivity index (χ4v) is 2.02. The molecule has 1 amide bonds. The first kappa shape index (κ1) is 15.0. The van der Waals surface area contributed by atoms with E-state index >= 15 is 0 Å². The van der Waals surface area contributed by atoms with E-state index in [9.17, 15) is 9.59 Å². The highest BCUT2D eigenvalue weighted by Gasteiger charge is 2.26. The molecule has 1 aliphatic rings. The third-order valence-electron chi connectivity index (χ3n) is 3.28. The molecular weight excluding hydrogens is 232 g/mol. The summed E-state index contributed by atoms with van der Waals surface area (Å²) in [7, 11) is 1.33. The van der Waals surface area contributed by atoms with Crippen molar-refractivity contribution < 1.29 is 14.3 Å². The zero-order valence-corrected chi connectivity index (χ0v) is 11.5. The van der Waals surface area contributed by atoms with Gasteiger partial charge in [-0.05, 0) is 18.8 Å². The van der Waals surface area contributed by atoms with Gasteiger partial charge in [0.2, 0.25) is 5.91 Å². The van der Waals surface area contributed by atoms with Crippen molar-refractivity contribution in [2.75, 3.05) is 13.7 Å². The molecule has 1 rings (SSSR count). The van der Waals surface area contributed by atoms with Crippen LogP contribution in [-0.2, 0) is 14.3 Å². The second kappa shape index (κ2) is 7.36. The van der Waals surface area contributed by atoms with Gasteiger partial charge in [-0.15, -0.1) is 0 Å². The number of methoxy groups -OCH3 is 1. The average molecular weight is 256 g/mol. The van der Waals surface area contributed by atoms with Crippen LogP contribution >= 0.6 is 0 Å². The molecule has 0 aliphatic heterocycles. The van der Waals surface area contributed by atoms with Crippen LogP contribution in [0.2, 0.25) is 0 Å². The predicted octanol–water partition coefficient (Wildman–Crippen LogP) is 0.832. The third kappa shape index (κ3) is 5.49. The summed E-state index contributed by atoms with van der Waals surface area (Å²) in [5.41, 5.74) is 0. The van der Waals surface area contributed by atoms with Crippen molar-refractivity contribution in [3.05, 3.63) is 0 Å². The molecular formula is C13H24N2O3. The summed E-state index contributed by atoms with van der Waals surface area (Å²) in [6.07, 6.45) is 4.84. The molecule has 1 fully saturated rings. The smallest absolute Gasteiger partial charge is 0.329 e. The fraction of sp³-hybridized carbons (Fsp3) is 0.846. The molecule has 2 N–H and O–H groups in total. The molecule has 2 atom stereocenters. The van der Waals surface area contributed by atoms with Crippen LogP contribution < -0.4 is 10.6 Å². The maximum atomic E-state index is 11.5. The number of hydrogen-bond donors (Lipinski definition) is 2. The first-order valence-electron chi connectivity index (χ1n) is 6.65. The van der Waals surface area contributed by atoms with Gasteiger partial charge in [0.1, 0.15) is 6.04 Å². The summed E-state index contributed by atoms with van der Waals surface area (Å²) in [5.74, 6) is 0.223. The molecule has 18 heavy (non-hydrogen) atoms. The molecule has 1 aliphatic carbocycles. The molecule has 104 valence electrons. The highest BCUT2D eigenvalue weighted by atomic mass is 16.5. The van der Waals surface area contributed by atoms with Crippen LogP contribution in [0.5, 0.6) is 0 Å². The Bertz CT molecular complexity index is 290. The van der Waals surface area contributed by atoms with Gasteiger partial charge >= 0.3 is 5.97 Å². The number of rotatable bonds is 8. The Morgan fingerprint density at radius 2 is 2.06 bits per heavy atom. The Balaban J connectivity index is 2.37. The first-order valence-corrected chi connectivity index (χ1v) is 6.65. The number of amides is 1. The standard InChI is InChI=1S/C13H24N2O3/c1-4-11(7-10-5-6-10)14-8-12(13(17)18-3)15-9(2)16/h10-12,14H,4-8H2,1-3H3,(H,15,16). The van der Waals surface area contributed by atoms with Crippen LogP contribution in [0.3, 0.4) is 0 Å². The van der Waals surface area contributed by atoms with Crippen molar-refractivity contribution in [2.24, 2.45) is 5.92 Å². The second-order valence-electron chi connectivity index (χ2n) is 4.97. The molecule has 0 radical (unpaired) electrons. The van der Waals surface area contributed by atoms with Gasteiger partial charge < -0.3 is 15.4 Å². The topological polar surface area (TPSA) is 67.4 Å². The maximum Gasteiger partial charge on any atom is 0.329 e. The number of nitrogens with one attached hydrogen (secondary N) is 2. The molecule has 0 spiro atoms. The minimum absolute atomic E-state index is 0.220. The van der Waals surface area contributed by atoms with E-state index in [0.717, 1.165) is 18.8 Å². The molecule has 0 aromatic rings. The van der Waals surface area contributed by atoms with Gasteiger partial charge in [0, 0.05) is 19.5 Å². The van der Waals surface area contributed by atoms with Crippen LogP contribution in [0, 0.1) is 5.92 Å². The van der Waals surface area contributed by atoms with Crippen LogP contribution in [-0.4, -0.2) is 37.6 Å². The summed E-state index contributed by atoms with van der Waals surface area (Å²) in [6.45, 7) is 3.96. The number of carbonyl (C=O) groups is 2.